The molecule has 6 nitrogen and oxygen atoms in total. The van der Waals surface area contributed by atoms with Crippen LogP contribution in [0.3, 0.4) is 0 Å². The number of carbonyl (C=O) groups excluding carboxylic acids is 3. The molecule has 0 saturated carbocycles. The molecule has 0 aliphatic carbocycles. The average molecular weight is 831 g/mol. The number of hydrogen-bond donors (Lipinski definition) is 0. The van der Waals surface area contributed by atoms with Crippen molar-refractivity contribution in [2.24, 2.45) is 0 Å². The fraction of sp³-hybridized carbons (Fsp3) is 0.868. The molecule has 0 fully saturated rings. The van der Waals surface area contributed by atoms with E-state index in [1.54, 1.807) is 0 Å². The summed E-state index contributed by atoms with van der Waals surface area (Å²) < 4.78 is 16.7. The molecule has 0 N–H and O–H groups in total. The maximum atomic E-state index is 12.7. The van der Waals surface area contributed by atoms with Gasteiger partial charge in [0.05, 0.1) is 0 Å². The van der Waals surface area contributed by atoms with Crippen LogP contribution in [0.5, 0.6) is 0 Å². The highest BCUT2D eigenvalue weighted by molar-refractivity contribution is 5.71. The summed E-state index contributed by atoms with van der Waals surface area (Å²) in [5, 5.41) is 0. The Kier molecular flexibility index (Phi) is 46.8. The summed E-state index contributed by atoms with van der Waals surface area (Å²) in [6.45, 7) is 6.60. The van der Waals surface area contributed by atoms with Gasteiger partial charge in [-0.15, -0.1) is 0 Å². The third-order valence-electron chi connectivity index (χ3n) is 11.5. The smallest absolute Gasteiger partial charge is 0.306 e. The lowest BCUT2D eigenvalue weighted by atomic mass is 10.0. The van der Waals surface area contributed by atoms with E-state index in [2.05, 4.69) is 45.1 Å². The quantitative estimate of drug-likeness (QED) is 0.0263. The summed E-state index contributed by atoms with van der Waals surface area (Å²) >= 11 is 0. The van der Waals surface area contributed by atoms with E-state index in [1.165, 1.54) is 173 Å². The lowest BCUT2D eigenvalue weighted by Gasteiger charge is -2.18. The maximum absolute atomic E-state index is 12.7. The molecule has 346 valence electrons. The Hall–Kier alpha value is -2.11. The number of ether oxygens (including phenoxy) is 3. The Bertz CT molecular complexity index is 958. The van der Waals surface area contributed by atoms with E-state index in [0.29, 0.717) is 19.3 Å². The first-order chi connectivity index (χ1) is 29.0. The number of esters is 3. The number of hydrogen-bond acceptors (Lipinski definition) is 6. The Morgan fingerprint density at radius 2 is 0.610 bits per heavy atom. The minimum absolute atomic E-state index is 0.0681. The first kappa shape index (κ1) is 56.9. The van der Waals surface area contributed by atoms with Gasteiger partial charge in [0.15, 0.2) is 6.10 Å². The Labute approximate surface area is 366 Å². The van der Waals surface area contributed by atoms with Crippen LogP contribution >= 0.6 is 0 Å². The molecule has 0 spiro atoms. The van der Waals surface area contributed by atoms with Gasteiger partial charge in [-0.2, -0.15) is 0 Å². The first-order valence-electron chi connectivity index (χ1n) is 25.8. The summed E-state index contributed by atoms with van der Waals surface area (Å²) in [5.41, 5.74) is 0. The lowest BCUT2D eigenvalue weighted by Crippen LogP contribution is -2.30. The molecule has 0 radical (unpaired) electrons. The minimum Gasteiger partial charge on any atom is -0.462 e. The van der Waals surface area contributed by atoms with Gasteiger partial charge in [-0.1, -0.05) is 231 Å². The third kappa shape index (κ3) is 46.8. The van der Waals surface area contributed by atoms with Crippen molar-refractivity contribution in [2.75, 3.05) is 13.2 Å². The standard InChI is InChI=1S/C53H98O6/c1-4-7-10-13-16-18-20-21-22-23-24-25-26-27-28-29-30-31-33-34-37-40-43-46-52(55)58-49-50(48-57-51(54)45-42-39-36-15-12-9-6-3)59-53(56)47-44-41-38-35-32-19-17-14-11-8-5-2/h20-21,23-24,50H,4-19,22,25-49H2,1-3H3/b21-20-,24-23-. The van der Waals surface area contributed by atoms with Crippen LogP contribution in [0.2, 0.25) is 0 Å². The molecule has 0 aliphatic heterocycles. The van der Waals surface area contributed by atoms with E-state index >= 15 is 0 Å². The second-order valence-corrected chi connectivity index (χ2v) is 17.4. The molecule has 0 amide bonds. The van der Waals surface area contributed by atoms with Crippen molar-refractivity contribution in [2.45, 2.75) is 284 Å². The average Bonchev–Trinajstić information content (AvgIpc) is 3.23. The summed E-state index contributed by atoms with van der Waals surface area (Å²) in [7, 11) is 0. The van der Waals surface area contributed by atoms with Crippen LogP contribution in [0.15, 0.2) is 24.3 Å². The first-order valence-corrected chi connectivity index (χ1v) is 25.8. The lowest BCUT2D eigenvalue weighted by molar-refractivity contribution is -0.167. The zero-order chi connectivity index (χ0) is 43.0. The normalized spacial score (nSPS) is 12.1. The van der Waals surface area contributed by atoms with E-state index in [4.69, 9.17) is 14.2 Å². The molecule has 6 heteroatoms. The van der Waals surface area contributed by atoms with Crippen molar-refractivity contribution < 1.29 is 28.6 Å². The largest absolute Gasteiger partial charge is 0.462 e. The molecule has 0 heterocycles. The van der Waals surface area contributed by atoms with Gasteiger partial charge >= 0.3 is 17.9 Å². The topological polar surface area (TPSA) is 78.9 Å². The molecular formula is C53H98O6. The van der Waals surface area contributed by atoms with Gasteiger partial charge in [-0.05, 0) is 51.4 Å². The summed E-state index contributed by atoms with van der Waals surface area (Å²) in [4.78, 5) is 37.7. The van der Waals surface area contributed by atoms with E-state index in [-0.39, 0.29) is 31.1 Å². The van der Waals surface area contributed by atoms with Crippen molar-refractivity contribution in [3.63, 3.8) is 0 Å². The van der Waals surface area contributed by atoms with Gasteiger partial charge in [-0.3, -0.25) is 14.4 Å². The van der Waals surface area contributed by atoms with Gasteiger partial charge in [0.25, 0.3) is 0 Å². The van der Waals surface area contributed by atoms with E-state index in [9.17, 15) is 14.4 Å². The van der Waals surface area contributed by atoms with Crippen molar-refractivity contribution >= 4 is 17.9 Å². The second kappa shape index (κ2) is 48.6. The highest BCUT2D eigenvalue weighted by atomic mass is 16.6. The van der Waals surface area contributed by atoms with Crippen LogP contribution in [0.25, 0.3) is 0 Å². The molecule has 1 unspecified atom stereocenters. The van der Waals surface area contributed by atoms with Gasteiger partial charge in [0.1, 0.15) is 13.2 Å². The van der Waals surface area contributed by atoms with E-state index in [0.717, 1.165) is 64.2 Å². The number of unbranched alkanes of at least 4 members (excludes halogenated alkanes) is 32. The van der Waals surface area contributed by atoms with Crippen LogP contribution in [0.4, 0.5) is 0 Å². The molecule has 0 aliphatic rings. The minimum atomic E-state index is -0.763. The number of rotatable bonds is 47. The molecule has 0 aromatic rings. The zero-order valence-corrected chi connectivity index (χ0v) is 39.5. The Balaban J connectivity index is 4.12. The highest BCUT2D eigenvalue weighted by Crippen LogP contribution is 2.16. The predicted molar refractivity (Wildman–Crippen MR) is 252 cm³/mol. The molecule has 0 aromatic heterocycles. The molecule has 59 heavy (non-hydrogen) atoms. The van der Waals surface area contributed by atoms with Crippen LogP contribution in [0.1, 0.15) is 278 Å². The van der Waals surface area contributed by atoms with Crippen LogP contribution in [-0.2, 0) is 28.6 Å². The Morgan fingerprint density at radius 1 is 0.339 bits per heavy atom. The molecular weight excluding hydrogens is 733 g/mol. The van der Waals surface area contributed by atoms with Crippen LogP contribution < -0.4 is 0 Å². The van der Waals surface area contributed by atoms with Crippen molar-refractivity contribution in [3.8, 4) is 0 Å². The zero-order valence-electron chi connectivity index (χ0n) is 39.5. The highest BCUT2D eigenvalue weighted by Gasteiger charge is 2.19. The number of carbonyl (C=O) groups is 3. The second-order valence-electron chi connectivity index (χ2n) is 17.4. The van der Waals surface area contributed by atoms with Crippen molar-refractivity contribution in [1.29, 1.82) is 0 Å². The fourth-order valence-corrected chi connectivity index (χ4v) is 7.53. The Morgan fingerprint density at radius 3 is 0.932 bits per heavy atom. The summed E-state index contributed by atoms with van der Waals surface area (Å²) in [6, 6.07) is 0. The van der Waals surface area contributed by atoms with Gasteiger partial charge in [0, 0.05) is 19.3 Å². The van der Waals surface area contributed by atoms with E-state index in [1.807, 2.05) is 0 Å². The SMILES string of the molecule is CCCCCCC/C=C\C/C=C\CCCCCCCCCCCCCC(=O)OCC(COC(=O)CCCCCCCCC)OC(=O)CCCCCCCCCCCCC. The molecule has 1 atom stereocenters. The molecule has 0 saturated heterocycles. The molecule has 0 aromatic carbocycles. The summed E-state index contributed by atoms with van der Waals surface area (Å²) in [5.74, 6) is -0.866. The predicted octanol–water partition coefficient (Wildman–Crippen LogP) is 16.8. The number of allylic oxidation sites excluding steroid dienone is 4. The van der Waals surface area contributed by atoms with Gasteiger partial charge in [0.2, 0.25) is 0 Å². The third-order valence-corrected chi connectivity index (χ3v) is 11.5. The van der Waals surface area contributed by atoms with E-state index < -0.39 is 6.10 Å². The summed E-state index contributed by atoms with van der Waals surface area (Å²) in [6.07, 6.45) is 54.7. The maximum Gasteiger partial charge on any atom is 0.306 e. The van der Waals surface area contributed by atoms with Crippen LogP contribution in [-0.4, -0.2) is 37.2 Å². The molecule has 0 rings (SSSR count). The molecule has 0 bridgehead atoms. The van der Waals surface area contributed by atoms with Crippen LogP contribution in [0, 0.1) is 0 Å². The van der Waals surface area contributed by atoms with Crippen molar-refractivity contribution in [1.82, 2.24) is 0 Å². The fourth-order valence-electron chi connectivity index (χ4n) is 7.53. The monoisotopic (exact) mass is 831 g/mol. The van der Waals surface area contributed by atoms with Crippen molar-refractivity contribution in [3.05, 3.63) is 24.3 Å². The van der Waals surface area contributed by atoms with Gasteiger partial charge in [-0.25, -0.2) is 0 Å². The van der Waals surface area contributed by atoms with Gasteiger partial charge < -0.3 is 14.2 Å².